The molecule has 2 nitrogen and oxygen atoms in total. The molecule has 3 heteroatoms. The van der Waals surface area contributed by atoms with Gasteiger partial charge in [-0.1, -0.05) is 39.7 Å². The van der Waals surface area contributed by atoms with E-state index in [1.54, 1.807) is 0 Å². The molecule has 1 unspecified atom stereocenters. The molecule has 0 aromatic heterocycles. The molecule has 0 amide bonds. The Morgan fingerprint density at radius 1 is 1.05 bits per heavy atom. The van der Waals surface area contributed by atoms with E-state index >= 15 is 0 Å². The maximum absolute atomic E-state index is 5.96. The predicted octanol–water partition coefficient (Wildman–Crippen LogP) is 4.49. The summed E-state index contributed by atoms with van der Waals surface area (Å²) in [5.41, 5.74) is 12.1. The summed E-state index contributed by atoms with van der Waals surface area (Å²) in [6.07, 6.45) is 0. The quantitative estimate of drug-likeness (QED) is 0.865. The van der Waals surface area contributed by atoms with Gasteiger partial charge >= 0.3 is 0 Å². The minimum Gasteiger partial charge on any atom is -0.377 e. The van der Waals surface area contributed by atoms with Crippen LogP contribution in [0, 0.1) is 20.8 Å². The molecular formula is C17H21BrN2. The van der Waals surface area contributed by atoms with Crippen LogP contribution < -0.4 is 11.1 Å². The zero-order valence-corrected chi connectivity index (χ0v) is 13.8. The first-order valence-corrected chi connectivity index (χ1v) is 7.60. The van der Waals surface area contributed by atoms with Crippen molar-refractivity contribution in [1.82, 2.24) is 0 Å². The minimum atomic E-state index is 0.129. The van der Waals surface area contributed by atoms with Crippen LogP contribution in [0.3, 0.4) is 0 Å². The van der Waals surface area contributed by atoms with Gasteiger partial charge in [-0.25, -0.2) is 0 Å². The van der Waals surface area contributed by atoms with Crippen molar-refractivity contribution in [3.05, 3.63) is 63.1 Å². The standard InChI is InChI=1S/C17H21BrN2/c1-11-4-5-16(13(3)6-11)17(10-19)20-15-8-12(2)7-14(18)9-15/h4-9,17,20H,10,19H2,1-3H3. The van der Waals surface area contributed by atoms with Gasteiger partial charge < -0.3 is 11.1 Å². The Bertz CT molecular complexity index is 588. The monoisotopic (exact) mass is 332 g/mol. The number of nitrogens with one attached hydrogen (secondary N) is 1. The van der Waals surface area contributed by atoms with Crippen LogP contribution in [0.25, 0.3) is 0 Å². The molecule has 1 atom stereocenters. The Labute approximate surface area is 129 Å². The highest BCUT2D eigenvalue weighted by Crippen LogP contribution is 2.25. The second kappa shape index (κ2) is 6.42. The van der Waals surface area contributed by atoms with Gasteiger partial charge in [0.15, 0.2) is 0 Å². The number of nitrogens with two attached hydrogens (primary N) is 1. The maximum Gasteiger partial charge on any atom is 0.0638 e. The van der Waals surface area contributed by atoms with E-state index in [4.69, 9.17) is 5.73 Å². The van der Waals surface area contributed by atoms with Gasteiger partial charge in [0.1, 0.15) is 0 Å². The fraction of sp³-hybridized carbons (Fsp3) is 0.294. The Morgan fingerprint density at radius 2 is 1.80 bits per heavy atom. The molecule has 106 valence electrons. The van der Waals surface area contributed by atoms with Gasteiger partial charge in [-0.3, -0.25) is 0 Å². The van der Waals surface area contributed by atoms with Gasteiger partial charge in [0.05, 0.1) is 6.04 Å². The predicted molar refractivity (Wildman–Crippen MR) is 90.2 cm³/mol. The van der Waals surface area contributed by atoms with Crippen molar-refractivity contribution in [3.8, 4) is 0 Å². The number of benzene rings is 2. The number of rotatable bonds is 4. The molecule has 0 bridgehead atoms. The van der Waals surface area contributed by atoms with Crippen LogP contribution in [0.2, 0.25) is 0 Å². The molecule has 3 N–H and O–H groups in total. The van der Waals surface area contributed by atoms with Crippen LogP contribution in [-0.4, -0.2) is 6.54 Å². The highest BCUT2D eigenvalue weighted by molar-refractivity contribution is 9.10. The summed E-state index contributed by atoms with van der Waals surface area (Å²) in [7, 11) is 0. The van der Waals surface area contributed by atoms with Crippen molar-refractivity contribution in [1.29, 1.82) is 0 Å². The zero-order valence-electron chi connectivity index (χ0n) is 12.2. The Kier molecular flexibility index (Phi) is 4.84. The van der Waals surface area contributed by atoms with Crippen LogP contribution in [0.15, 0.2) is 40.9 Å². The lowest BCUT2D eigenvalue weighted by molar-refractivity contribution is 0.783. The van der Waals surface area contributed by atoms with Gasteiger partial charge in [-0.05, 0) is 55.7 Å². The Balaban J connectivity index is 2.28. The third kappa shape index (κ3) is 3.62. The normalized spacial score (nSPS) is 12.2. The summed E-state index contributed by atoms with van der Waals surface area (Å²) in [6.45, 7) is 6.90. The summed E-state index contributed by atoms with van der Waals surface area (Å²) in [5, 5.41) is 3.53. The molecule has 2 aromatic rings. The SMILES string of the molecule is Cc1cc(Br)cc(NC(CN)c2ccc(C)cc2C)c1. The summed E-state index contributed by atoms with van der Waals surface area (Å²) >= 11 is 3.53. The maximum atomic E-state index is 5.96. The van der Waals surface area contributed by atoms with Crippen molar-refractivity contribution in [2.75, 3.05) is 11.9 Å². The Hall–Kier alpha value is -1.32. The first-order chi connectivity index (χ1) is 9.49. The lowest BCUT2D eigenvalue weighted by atomic mass is 9.99. The average Bonchev–Trinajstić information content (AvgIpc) is 2.35. The molecule has 0 aliphatic carbocycles. The van der Waals surface area contributed by atoms with Crippen molar-refractivity contribution < 1.29 is 0 Å². The van der Waals surface area contributed by atoms with E-state index in [1.165, 1.54) is 22.3 Å². The molecule has 20 heavy (non-hydrogen) atoms. The van der Waals surface area contributed by atoms with Gasteiger partial charge in [0, 0.05) is 16.7 Å². The van der Waals surface area contributed by atoms with E-state index in [9.17, 15) is 0 Å². The van der Waals surface area contributed by atoms with Crippen LogP contribution in [0.1, 0.15) is 28.3 Å². The van der Waals surface area contributed by atoms with E-state index in [2.05, 4.69) is 78.4 Å². The highest BCUT2D eigenvalue weighted by Gasteiger charge is 2.12. The molecule has 0 aliphatic heterocycles. The first-order valence-electron chi connectivity index (χ1n) is 6.80. The second-order valence-electron chi connectivity index (χ2n) is 5.31. The van der Waals surface area contributed by atoms with Crippen LogP contribution in [0.4, 0.5) is 5.69 Å². The van der Waals surface area contributed by atoms with Gasteiger partial charge in [0.2, 0.25) is 0 Å². The summed E-state index contributed by atoms with van der Waals surface area (Å²) in [4.78, 5) is 0. The Morgan fingerprint density at radius 3 is 2.40 bits per heavy atom. The molecule has 2 rings (SSSR count). The smallest absolute Gasteiger partial charge is 0.0638 e. The third-order valence-electron chi connectivity index (χ3n) is 3.42. The first kappa shape index (κ1) is 15.1. The number of anilines is 1. The van der Waals surface area contributed by atoms with E-state index in [0.717, 1.165) is 10.2 Å². The van der Waals surface area contributed by atoms with Gasteiger partial charge in [-0.15, -0.1) is 0 Å². The number of hydrogen-bond acceptors (Lipinski definition) is 2. The molecule has 0 saturated heterocycles. The largest absolute Gasteiger partial charge is 0.377 e. The van der Waals surface area contributed by atoms with E-state index in [0.29, 0.717) is 6.54 Å². The molecular weight excluding hydrogens is 312 g/mol. The highest BCUT2D eigenvalue weighted by atomic mass is 79.9. The molecule has 0 saturated carbocycles. The third-order valence-corrected chi connectivity index (χ3v) is 3.88. The minimum absolute atomic E-state index is 0.129. The van der Waals surface area contributed by atoms with Crippen molar-refractivity contribution >= 4 is 21.6 Å². The average molecular weight is 333 g/mol. The number of halogens is 1. The molecule has 0 spiro atoms. The lowest BCUT2D eigenvalue weighted by Gasteiger charge is -2.21. The van der Waals surface area contributed by atoms with Crippen LogP contribution >= 0.6 is 15.9 Å². The molecule has 0 aliphatic rings. The lowest BCUT2D eigenvalue weighted by Crippen LogP contribution is -2.21. The topological polar surface area (TPSA) is 38.0 Å². The van der Waals surface area contributed by atoms with Gasteiger partial charge in [-0.2, -0.15) is 0 Å². The summed E-state index contributed by atoms with van der Waals surface area (Å²) < 4.78 is 1.08. The van der Waals surface area contributed by atoms with E-state index < -0.39 is 0 Å². The van der Waals surface area contributed by atoms with E-state index in [-0.39, 0.29) is 6.04 Å². The van der Waals surface area contributed by atoms with Crippen LogP contribution in [0.5, 0.6) is 0 Å². The summed E-state index contributed by atoms with van der Waals surface area (Å²) in [6, 6.07) is 12.9. The fourth-order valence-electron chi connectivity index (χ4n) is 2.50. The number of aryl methyl sites for hydroxylation is 3. The van der Waals surface area contributed by atoms with Crippen molar-refractivity contribution in [2.45, 2.75) is 26.8 Å². The molecule has 0 radical (unpaired) electrons. The summed E-state index contributed by atoms with van der Waals surface area (Å²) in [5.74, 6) is 0. The molecule has 2 aromatic carbocycles. The van der Waals surface area contributed by atoms with Crippen molar-refractivity contribution in [3.63, 3.8) is 0 Å². The van der Waals surface area contributed by atoms with E-state index in [1.807, 2.05) is 0 Å². The molecule has 0 heterocycles. The fourth-order valence-corrected chi connectivity index (χ4v) is 3.11. The van der Waals surface area contributed by atoms with Gasteiger partial charge in [0.25, 0.3) is 0 Å². The van der Waals surface area contributed by atoms with Crippen molar-refractivity contribution in [2.24, 2.45) is 5.73 Å². The zero-order chi connectivity index (χ0) is 14.7. The second-order valence-corrected chi connectivity index (χ2v) is 6.23. The number of hydrogen-bond donors (Lipinski definition) is 2. The molecule has 0 fully saturated rings. The van der Waals surface area contributed by atoms with Crippen LogP contribution in [-0.2, 0) is 0 Å².